The monoisotopic (exact) mass is 529 g/mol. The van der Waals surface area contributed by atoms with Crippen LogP contribution in [-0.4, -0.2) is 45.2 Å². The van der Waals surface area contributed by atoms with E-state index in [9.17, 15) is 0 Å². The largest absolute Gasteiger partial charge is 0.276 e. The number of nitrogens with zero attached hydrogens (tertiary/aromatic N) is 1. The van der Waals surface area contributed by atoms with Gasteiger partial charge in [-0.3, -0.25) is 4.90 Å². The van der Waals surface area contributed by atoms with Crippen molar-refractivity contribution >= 4 is 8.29 Å². The van der Waals surface area contributed by atoms with Crippen LogP contribution in [0.4, 0.5) is 0 Å². The standard InChI is InChI=1S/C36H51NS/c1-10-22-34-35(25-11-2,26-12-3)37(28-14-5)36(27-13-4,33-23-20-19-21-24-33)38(34,29-15-6,30-16-7,31-17-8)32-18-9/h10-21,23-24,34H,1-9,22,25-32H2. The summed E-state index contributed by atoms with van der Waals surface area (Å²) in [6.45, 7) is 39.9. The summed E-state index contributed by atoms with van der Waals surface area (Å²) in [6.07, 6.45) is 22.3. The van der Waals surface area contributed by atoms with Crippen LogP contribution in [0.15, 0.2) is 144 Å². The Balaban J connectivity index is 3.62. The molecule has 1 nitrogen and oxygen atoms in total. The molecule has 0 aliphatic carbocycles. The molecule has 2 atom stereocenters. The Morgan fingerprint density at radius 2 is 1.08 bits per heavy atom. The predicted molar refractivity (Wildman–Crippen MR) is 179 cm³/mol. The Kier molecular flexibility index (Phi) is 9.86. The molecule has 2 unspecified atom stereocenters. The molecule has 0 radical (unpaired) electrons. The Labute approximate surface area is 233 Å². The van der Waals surface area contributed by atoms with Gasteiger partial charge in [0, 0.05) is 17.3 Å². The molecule has 1 aliphatic rings. The summed E-state index contributed by atoms with van der Waals surface area (Å²) in [5.74, 6) is 3.37. The van der Waals surface area contributed by atoms with Gasteiger partial charge in [-0.1, -0.05) is 85.0 Å². The first-order valence-electron chi connectivity index (χ1n) is 13.6. The van der Waals surface area contributed by atoms with Gasteiger partial charge in [0.05, 0.1) is 4.87 Å². The number of allylic oxidation sites excluding steroid dienone is 1. The fraction of sp³-hybridized carbons (Fsp3) is 0.333. The highest BCUT2D eigenvalue weighted by Crippen LogP contribution is 3.06. The molecule has 206 valence electrons. The van der Waals surface area contributed by atoms with Gasteiger partial charge in [0.15, 0.2) is 0 Å². The lowest BCUT2D eigenvalue weighted by molar-refractivity contribution is 0.0568. The van der Waals surface area contributed by atoms with E-state index in [2.05, 4.69) is 149 Å². The van der Waals surface area contributed by atoms with E-state index in [0.717, 1.165) is 48.7 Å². The molecule has 0 N–H and O–H groups in total. The summed E-state index contributed by atoms with van der Waals surface area (Å²) in [5, 5.41) is 0.197. The number of hydrogen-bond acceptors (Lipinski definition) is 1. The van der Waals surface area contributed by atoms with Crippen molar-refractivity contribution in [3.05, 3.63) is 150 Å². The van der Waals surface area contributed by atoms with Gasteiger partial charge in [0.2, 0.25) is 0 Å². The van der Waals surface area contributed by atoms with Crippen LogP contribution in [-0.2, 0) is 4.87 Å². The van der Waals surface area contributed by atoms with Crippen molar-refractivity contribution in [1.29, 1.82) is 0 Å². The zero-order valence-electron chi connectivity index (χ0n) is 23.7. The molecule has 1 saturated heterocycles. The Morgan fingerprint density at radius 1 is 0.605 bits per heavy atom. The number of hydrogen-bond donors (Lipinski definition) is 0. The minimum Gasteiger partial charge on any atom is -0.276 e. The third-order valence-corrected chi connectivity index (χ3v) is 20.3. The van der Waals surface area contributed by atoms with Gasteiger partial charge in [-0.25, -0.2) is 8.29 Å². The molecule has 0 aromatic heterocycles. The maximum atomic E-state index is 4.43. The second-order valence-electron chi connectivity index (χ2n) is 11.1. The van der Waals surface area contributed by atoms with Crippen LogP contribution in [0.5, 0.6) is 0 Å². The van der Waals surface area contributed by atoms with Crippen molar-refractivity contribution in [1.82, 2.24) is 4.90 Å². The molecule has 38 heavy (non-hydrogen) atoms. The lowest BCUT2D eigenvalue weighted by Gasteiger charge is -2.87. The summed E-state index contributed by atoms with van der Waals surface area (Å²) in [5.41, 5.74) is 0.990. The van der Waals surface area contributed by atoms with Crippen LogP contribution >= 0.6 is 8.29 Å². The van der Waals surface area contributed by atoms with E-state index in [1.807, 2.05) is 0 Å². The molecule has 1 aliphatic heterocycles. The smallest absolute Gasteiger partial charge is 0.0722 e. The van der Waals surface area contributed by atoms with Crippen LogP contribution in [0.1, 0.15) is 31.2 Å². The van der Waals surface area contributed by atoms with Crippen molar-refractivity contribution in [2.45, 2.75) is 41.3 Å². The quantitative estimate of drug-likeness (QED) is 0.161. The Morgan fingerprint density at radius 3 is 1.45 bits per heavy atom. The van der Waals surface area contributed by atoms with Gasteiger partial charge in [0.25, 0.3) is 0 Å². The number of benzene rings is 1. The summed E-state index contributed by atoms with van der Waals surface area (Å²) in [4.78, 5) is 2.32. The SMILES string of the molecule is C=CCC1C(CC=C)(CC=C)N(CC=C)C(CC=C)(c2ccccc2)S1(CC=C)(CC=C)(CC=C)CC=C. The number of rotatable bonds is 19. The molecule has 0 spiro atoms. The summed E-state index contributed by atoms with van der Waals surface area (Å²) in [7, 11) is -3.59. The zero-order valence-corrected chi connectivity index (χ0v) is 24.6. The molecule has 0 bridgehead atoms. The van der Waals surface area contributed by atoms with E-state index in [1.165, 1.54) is 5.56 Å². The van der Waals surface area contributed by atoms with Crippen LogP contribution in [0, 0.1) is 0 Å². The van der Waals surface area contributed by atoms with Gasteiger partial charge < -0.3 is 0 Å². The molecule has 0 amide bonds. The van der Waals surface area contributed by atoms with Gasteiger partial charge in [-0.15, -0.1) is 59.2 Å². The van der Waals surface area contributed by atoms with E-state index in [4.69, 9.17) is 0 Å². The van der Waals surface area contributed by atoms with Crippen LogP contribution in [0.25, 0.3) is 0 Å². The second-order valence-corrected chi connectivity index (χ2v) is 18.8. The van der Waals surface area contributed by atoms with E-state index in [-0.39, 0.29) is 10.8 Å². The molecule has 2 rings (SSSR count). The fourth-order valence-corrected chi connectivity index (χ4v) is 20.5. The first-order valence-corrected chi connectivity index (χ1v) is 16.8. The van der Waals surface area contributed by atoms with E-state index < -0.39 is 13.2 Å². The maximum Gasteiger partial charge on any atom is 0.0722 e. The molecule has 1 heterocycles. The first kappa shape index (κ1) is 31.4. The topological polar surface area (TPSA) is 3.24 Å². The van der Waals surface area contributed by atoms with Gasteiger partial charge in [-0.2, -0.15) is 0 Å². The first-order chi connectivity index (χ1) is 18.3. The van der Waals surface area contributed by atoms with Crippen LogP contribution < -0.4 is 0 Å². The molecular weight excluding hydrogens is 478 g/mol. The highest BCUT2D eigenvalue weighted by atomic mass is 32.4. The Hall–Kier alpha value is -2.81. The van der Waals surface area contributed by atoms with Gasteiger partial charge in [0.1, 0.15) is 0 Å². The summed E-state index contributed by atoms with van der Waals surface area (Å²) < 4.78 is 0. The fourth-order valence-electron chi connectivity index (χ4n) is 8.99. The average molecular weight is 530 g/mol. The van der Waals surface area contributed by atoms with Crippen molar-refractivity contribution in [3.8, 4) is 0 Å². The molecule has 1 aromatic carbocycles. The van der Waals surface area contributed by atoms with Crippen LogP contribution in [0.3, 0.4) is 0 Å². The molecular formula is C36H51NS. The maximum absolute atomic E-state index is 4.43. The molecule has 1 fully saturated rings. The molecule has 1 aromatic rings. The van der Waals surface area contributed by atoms with Crippen molar-refractivity contribution in [3.63, 3.8) is 0 Å². The van der Waals surface area contributed by atoms with Gasteiger partial charge >= 0.3 is 0 Å². The van der Waals surface area contributed by atoms with Crippen LogP contribution in [0.2, 0.25) is 0 Å². The van der Waals surface area contributed by atoms with Gasteiger partial charge in [-0.05, 0) is 54.3 Å². The third kappa shape index (κ3) is 3.72. The van der Waals surface area contributed by atoms with Crippen molar-refractivity contribution in [2.24, 2.45) is 0 Å². The lowest BCUT2D eigenvalue weighted by atomic mass is 9.81. The minimum absolute atomic E-state index is 0.197. The second kappa shape index (κ2) is 11.9. The van der Waals surface area contributed by atoms with Crippen molar-refractivity contribution in [2.75, 3.05) is 29.6 Å². The van der Waals surface area contributed by atoms with Crippen molar-refractivity contribution < 1.29 is 0 Å². The lowest BCUT2D eigenvalue weighted by Crippen LogP contribution is -2.65. The van der Waals surface area contributed by atoms with E-state index in [0.29, 0.717) is 6.54 Å². The highest BCUT2D eigenvalue weighted by Gasteiger charge is 2.84. The van der Waals surface area contributed by atoms with E-state index >= 15 is 0 Å². The van der Waals surface area contributed by atoms with E-state index in [1.54, 1.807) is 0 Å². The highest BCUT2D eigenvalue weighted by molar-refractivity contribution is 8.66. The molecule has 2 heteroatoms. The molecule has 0 saturated carbocycles. The zero-order chi connectivity index (χ0) is 28.4. The average Bonchev–Trinajstić information content (AvgIpc) is 3.02. The summed E-state index contributed by atoms with van der Waals surface area (Å²) in [6, 6.07) is 11.0. The Bertz CT molecular complexity index is 1020. The predicted octanol–water partition coefficient (Wildman–Crippen LogP) is 9.37. The normalized spacial score (nSPS) is 26.2. The third-order valence-electron chi connectivity index (χ3n) is 9.61. The minimum atomic E-state index is -3.59. The summed E-state index contributed by atoms with van der Waals surface area (Å²) >= 11 is 0.